The molecule has 1 aliphatic rings. The summed E-state index contributed by atoms with van der Waals surface area (Å²) in [5.74, 6) is -0.408. The average Bonchev–Trinajstić information content (AvgIpc) is 2.97. The highest BCUT2D eigenvalue weighted by atomic mass is 32.1. The van der Waals surface area contributed by atoms with Crippen LogP contribution in [0.1, 0.15) is 44.9 Å². The number of amides is 1. The van der Waals surface area contributed by atoms with Crippen LogP contribution in [0.5, 0.6) is 0 Å². The van der Waals surface area contributed by atoms with Gasteiger partial charge < -0.3 is 5.32 Å². The van der Waals surface area contributed by atoms with E-state index in [1.807, 2.05) is 32.0 Å². The van der Waals surface area contributed by atoms with Crippen LogP contribution in [-0.2, 0) is 12.8 Å². The van der Waals surface area contributed by atoms with Crippen molar-refractivity contribution in [2.24, 2.45) is 0 Å². The normalized spacial score (nSPS) is 13.7. The molecular formula is C19H19N3O2S. The molecule has 0 atom stereocenters. The van der Waals surface area contributed by atoms with E-state index in [1.165, 1.54) is 11.1 Å². The Morgan fingerprint density at radius 3 is 2.84 bits per heavy atom. The number of nitrogens with one attached hydrogen (secondary N) is 1. The minimum atomic E-state index is -0.408. The van der Waals surface area contributed by atoms with E-state index in [2.05, 4.69) is 10.3 Å². The summed E-state index contributed by atoms with van der Waals surface area (Å²) in [5.41, 5.74) is 3.66. The molecule has 0 unspecified atom stereocenters. The van der Waals surface area contributed by atoms with Crippen LogP contribution in [-0.4, -0.2) is 15.3 Å². The molecule has 0 spiro atoms. The van der Waals surface area contributed by atoms with Gasteiger partial charge in [0, 0.05) is 22.5 Å². The third kappa shape index (κ3) is 2.76. The number of aryl methyl sites for hydroxylation is 4. The fourth-order valence-electron chi connectivity index (χ4n) is 3.37. The van der Waals surface area contributed by atoms with Crippen LogP contribution in [0.3, 0.4) is 0 Å². The summed E-state index contributed by atoms with van der Waals surface area (Å²) >= 11 is 1.56. The maximum Gasteiger partial charge on any atom is 0.271 e. The predicted octanol–water partition coefficient (Wildman–Crippen LogP) is 3.50. The maximum absolute atomic E-state index is 12.9. The van der Waals surface area contributed by atoms with E-state index in [9.17, 15) is 9.59 Å². The van der Waals surface area contributed by atoms with E-state index in [1.54, 1.807) is 15.7 Å². The minimum absolute atomic E-state index is 0.0867. The number of rotatable bonds is 2. The lowest BCUT2D eigenvalue weighted by atomic mass is 10.0. The molecule has 2 heterocycles. The molecule has 6 heteroatoms. The Kier molecular flexibility index (Phi) is 3.92. The van der Waals surface area contributed by atoms with Gasteiger partial charge in [0.2, 0.25) is 0 Å². The molecule has 0 radical (unpaired) electrons. The minimum Gasteiger partial charge on any atom is -0.322 e. The quantitative estimate of drug-likeness (QED) is 0.767. The van der Waals surface area contributed by atoms with Crippen LogP contribution in [0.2, 0.25) is 0 Å². The van der Waals surface area contributed by atoms with Crippen LogP contribution in [0.15, 0.2) is 29.2 Å². The molecule has 25 heavy (non-hydrogen) atoms. The van der Waals surface area contributed by atoms with Gasteiger partial charge in [0.15, 0.2) is 4.96 Å². The second kappa shape index (κ2) is 6.11. The number of carbonyl (C=O) groups excluding carboxylic acids is 1. The van der Waals surface area contributed by atoms with Crippen LogP contribution in [0.4, 0.5) is 5.69 Å². The first-order valence-electron chi connectivity index (χ1n) is 8.45. The number of fused-ring (bicyclic) bond motifs is 3. The smallest absolute Gasteiger partial charge is 0.271 e. The zero-order chi connectivity index (χ0) is 17.6. The van der Waals surface area contributed by atoms with Gasteiger partial charge in [-0.15, -0.1) is 11.3 Å². The number of benzene rings is 1. The first-order chi connectivity index (χ1) is 12.0. The molecule has 1 aliphatic carbocycles. The molecule has 5 nitrogen and oxygen atoms in total. The van der Waals surface area contributed by atoms with E-state index in [0.29, 0.717) is 10.6 Å². The molecule has 0 aliphatic heterocycles. The van der Waals surface area contributed by atoms with Gasteiger partial charge in [-0.1, -0.05) is 17.7 Å². The van der Waals surface area contributed by atoms with E-state index in [-0.39, 0.29) is 11.1 Å². The molecule has 3 aromatic rings. The molecule has 0 saturated heterocycles. The van der Waals surface area contributed by atoms with Gasteiger partial charge >= 0.3 is 0 Å². The number of nitrogens with zero attached hydrogens (tertiary/aromatic N) is 2. The van der Waals surface area contributed by atoms with E-state index in [4.69, 9.17) is 0 Å². The zero-order valence-corrected chi connectivity index (χ0v) is 15.1. The highest BCUT2D eigenvalue weighted by Gasteiger charge is 2.21. The number of aromatic nitrogens is 2. The third-order valence-corrected chi connectivity index (χ3v) is 5.83. The first-order valence-corrected chi connectivity index (χ1v) is 9.27. The van der Waals surface area contributed by atoms with Crippen LogP contribution in [0.25, 0.3) is 4.96 Å². The molecule has 128 valence electrons. The predicted molar refractivity (Wildman–Crippen MR) is 99.9 cm³/mol. The summed E-state index contributed by atoms with van der Waals surface area (Å²) in [5, 5.41) is 2.84. The van der Waals surface area contributed by atoms with Gasteiger partial charge in [0.25, 0.3) is 11.5 Å². The van der Waals surface area contributed by atoms with Crippen LogP contribution < -0.4 is 10.9 Å². The van der Waals surface area contributed by atoms with Crippen molar-refractivity contribution in [2.45, 2.75) is 39.5 Å². The fourth-order valence-corrected chi connectivity index (χ4v) is 4.54. The fraction of sp³-hybridized carbons (Fsp3) is 0.316. The second-order valence-corrected chi connectivity index (χ2v) is 7.61. The maximum atomic E-state index is 12.9. The highest BCUT2D eigenvalue weighted by molar-refractivity contribution is 7.17. The van der Waals surface area contributed by atoms with Crippen molar-refractivity contribution < 1.29 is 4.79 Å². The van der Waals surface area contributed by atoms with Crippen molar-refractivity contribution in [1.82, 2.24) is 9.38 Å². The Labute approximate surface area is 149 Å². The summed E-state index contributed by atoms with van der Waals surface area (Å²) in [7, 11) is 0. The summed E-state index contributed by atoms with van der Waals surface area (Å²) < 4.78 is 1.63. The van der Waals surface area contributed by atoms with Crippen molar-refractivity contribution in [2.75, 3.05) is 5.32 Å². The first kappa shape index (κ1) is 16.0. The number of carbonyl (C=O) groups is 1. The molecule has 0 saturated carbocycles. The number of thiazole rings is 1. The lowest BCUT2D eigenvalue weighted by Gasteiger charge is -2.11. The van der Waals surface area contributed by atoms with E-state index >= 15 is 0 Å². The number of hydrogen-bond donors (Lipinski definition) is 1. The van der Waals surface area contributed by atoms with E-state index < -0.39 is 5.91 Å². The Hall–Kier alpha value is -2.47. The van der Waals surface area contributed by atoms with Gasteiger partial charge in [-0.2, -0.15) is 0 Å². The van der Waals surface area contributed by atoms with Crippen molar-refractivity contribution >= 4 is 27.9 Å². The molecule has 0 bridgehead atoms. The topological polar surface area (TPSA) is 63.5 Å². The molecule has 4 rings (SSSR count). The molecular weight excluding hydrogens is 334 g/mol. The molecule has 2 aromatic heterocycles. The molecule has 0 fully saturated rings. The Balaban J connectivity index is 1.75. The molecule has 1 N–H and O–H groups in total. The summed E-state index contributed by atoms with van der Waals surface area (Å²) in [6.07, 6.45) is 5.49. The standard InChI is InChI=1S/C19H19N3O2S/c1-11-7-8-14(12(2)9-11)21-17(23)13-10-20-19-22(18(13)24)15-5-3-4-6-16(15)25-19/h7-10H,3-6H2,1-2H3,(H,21,23). The number of hydrogen-bond acceptors (Lipinski definition) is 4. The van der Waals surface area contributed by atoms with Gasteiger partial charge in [-0.3, -0.25) is 14.0 Å². The Morgan fingerprint density at radius 1 is 1.24 bits per heavy atom. The lowest BCUT2D eigenvalue weighted by Crippen LogP contribution is -2.27. The van der Waals surface area contributed by atoms with Crippen LogP contribution >= 0.6 is 11.3 Å². The summed E-state index contributed by atoms with van der Waals surface area (Å²) in [6, 6.07) is 5.80. The van der Waals surface area contributed by atoms with Gasteiger partial charge in [-0.05, 0) is 51.2 Å². The Bertz CT molecular complexity index is 1050. The molecule has 1 aromatic carbocycles. The monoisotopic (exact) mass is 353 g/mol. The summed E-state index contributed by atoms with van der Waals surface area (Å²) in [4.78, 5) is 31.8. The van der Waals surface area contributed by atoms with Crippen molar-refractivity contribution in [3.8, 4) is 0 Å². The largest absolute Gasteiger partial charge is 0.322 e. The van der Waals surface area contributed by atoms with Crippen LogP contribution in [0, 0.1) is 13.8 Å². The van der Waals surface area contributed by atoms with Crippen molar-refractivity contribution in [3.63, 3.8) is 0 Å². The summed E-state index contributed by atoms with van der Waals surface area (Å²) in [6.45, 7) is 3.94. The second-order valence-electron chi connectivity index (χ2n) is 6.55. The van der Waals surface area contributed by atoms with E-state index in [0.717, 1.165) is 42.5 Å². The van der Waals surface area contributed by atoms with Gasteiger partial charge in [0.05, 0.1) is 0 Å². The lowest BCUT2D eigenvalue weighted by molar-refractivity contribution is 0.102. The molecule has 1 amide bonds. The van der Waals surface area contributed by atoms with Gasteiger partial charge in [0.1, 0.15) is 5.56 Å². The van der Waals surface area contributed by atoms with Crippen molar-refractivity contribution in [1.29, 1.82) is 0 Å². The highest BCUT2D eigenvalue weighted by Crippen LogP contribution is 2.28. The third-order valence-electron chi connectivity index (χ3n) is 4.68. The zero-order valence-electron chi connectivity index (χ0n) is 14.3. The Morgan fingerprint density at radius 2 is 2.04 bits per heavy atom. The van der Waals surface area contributed by atoms with Crippen molar-refractivity contribution in [3.05, 3.63) is 62.0 Å². The SMILES string of the molecule is Cc1ccc(NC(=O)c2cnc3sc4c(n3c2=O)CCCC4)c(C)c1. The van der Waals surface area contributed by atoms with Gasteiger partial charge in [-0.25, -0.2) is 4.98 Å². The number of anilines is 1. The average molecular weight is 353 g/mol.